The molecule has 5 nitrogen and oxygen atoms in total. The predicted octanol–water partition coefficient (Wildman–Crippen LogP) is 4.99. The monoisotopic (exact) mass is 391 g/mol. The van der Waals surface area contributed by atoms with Crippen molar-refractivity contribution >= 4 is 17.2 Å². The number of hydrogen-bond donors (Lipinski definition) is 0. The van der Waals surface area contributed by atoms with Gasteiger partial charge in [0.15, 0.2) is 5.69 Å². The van der Waals surface area contributed by atoms with E-state index in [1.807, 2.05) is 55.5 Å². The van der Waals surface area contributed by atoms with Gasteiger partial charge in [-0.3, -0.25) is 4.79 Å². The number of amides is 1. The number of hydrogen-bond acceptors (Lipinski definition) is 4. The quantitative estimate of drug-likeness (QED) is 0.465. The minimum Gasteiger partial charge on any atom is -0.467 e. The number of aryl methyl sites for hydroxylation is 2. The second kappa shape index (κ2) is 7.86. The molecule has 1 amide bonds. The summed E-state index contributed by atoms with van der Waals surface area (Å²) in [5.41, 5.74) is 2.28. The molecule has 28 heavy (non-hydrogen) atoms. The van der Waals surface area contributed by atoms with Crippen LogP contribution in [0.15, 0.2) is 71.3 Å². The first kappa shape index (κ1) is 18.3. The first-order valence-corrected chi connectivity index (χ1v) is 9.91. The fraction of sp³-hybridized carbons (Fsp3) is 0.182. The number of aromatic nitrogens is 2. The smallest absolute Gasteiger partial charge is 0.275 e. The van der Waals surface area contributed by atoms with E-state index in [-0.39, 0.29) is 5.91 Å². The average molecular weight is 391 g/mol. The molecule has 0 aliphatic carbocycles. The normalized spacial score (nSPS) is 10.9. The standard InChI is InChI=1S/C22H21N3O2S/c1-16-13-21(23-25(16)18-7-4-3-5-8-18)22(26)24(14-19-9-6-12-27-19)15-20-11-10-17(2)28-20/h3-13H,14-15H2,1-2H3. The lowest BCUT2D eigenvalue weighted by atomic mass is 10.3. The maximum Gasteiger partial charge on any atom is 0.275 e. The Bertz CT molecular complexity index is 1060. The number of para-hydroxylation sites is 1. The minimum atomic E-state index is -0.111. The van der Waals surface area contributed by atoms with Crippen molar-refractivity contribution in [3.63, 3.8) is 0 Å². The number of carbonyl (C=O) groups excluding carboxylic acids is 1. The third-order valence-corrected chi connectivity index (χ3v) is 5.45. The van der Waals surface area contributed by atoms with Gasteiger partial charge in [0.2, 0.25) is 0 Å². The van der Waals surface area contributed by atoms with E-state index >= 15 is 0 Å². The molecule has 0 bridgehead atoms. The maximum atomic E-state index is 13.3. The van der Waals surface area contributed by atoms with Crippen LogP contribution >= 0.6 is 11.3 Å². The van der Waals surface area contributed by atoms with Gasteiger partial charge < -0.3 is 9.32 Å². The molecule has 1 aromatic carbocycles. The number of rotatable bonds is 6. The van der Waals surface area contributed by atoms with E-state index in [0.717, 1.165) is 22.0 Å². The van der Waals surface area contributed by atoms with Crippen molar-refractivity contribution in [2.24, 2.45) is 0 Å². The summed E-state index contributed by atoms with van der Waals surface area (Å²) < 4.78 is 7.27. The summed E-state index contributed by atoms with van der Waals surface area (Å²) in [6.45, 7) is 4.95. The molecule has 4 aromatic rings. The average Bonchev–Trinajstić information content (AvgIpc) is 3.43. The number of benzene rings is 1. The summed E-state index contributed by atoms with van der Waals surface area (Å²) in [6, 6.07) is 19.5. The van der Waals surface area contributed by atoms with E-state index in [9.17, 15) is 4.79 Å². The first-order valence-electron chi connectivity index (χ1n) is 9.09. The molecular weight excluding hydrogens is 370 g/mol. The lowest BCUT2D eigenvalue weighted by Crippen LogP contribution is -2.30. The molecule has 0 atom stereocenters. The Labute approximate surface area is 167 Å². The van der Waals surface area contributed by atoms with Crippen molar-refractivity contribution < 1.29 is 9.21 Å². The molecule has 0 saturated heterocycles. The van der Waals surface area contributed by atoms with Crippen LogP contribution in [0.5, 0.6) is 0 Å². The van der Waals surface area contributed by atoms with E-state index in [4.69, 9.17) is 4.42 Å². The van der Waals surface area contributed by atoms with Crippen molar-refractivity contribution in [2.75, 3.05) is 0 Å². The van der Waals surface area contributed by atoms with Gasteiger partial charge in [-0.05, 0) is 56.3 Å². The van der Waals surface area contributed by atoms with Crippen LogP contribution in [0.25, 0.3) is 5.69 Å². The van der Waals surface area contributed by atoms with Gasteiger partial charge in [-0.2, -0.15) is 5.10 Å². The lowest BCUT2D eigenvalue weighted by molar-refractivity contribution is 0.0713. The molecule has 4 rings (SSSR count). The van der Waals surface area contributed by atoms with Crippen LogP contribution in [0.4, 0.5) is 0 Å². The Hall–Kier alpha value is -3.12. The molecule has 6 heteroatoms. The largest absolute Gasteiger partial charge is 0.467 e. The second-order valence-electron chi connectivity index (χ2n) is 6.67. The van der Waals surface area contributed by atoms with Crippen LogP contribution < -0.4 is 0 Å². The lowest BCUT2D eigenvalue weighted by Gasteiger charge is -2.20. The molecule has 3 aromatic heterocycles. The van der Waals surface area contributed by atoms with E-state index < -0.39 is 0 Å². The molecule has 0 saturated carbocycles. The summed E-state index contributed by atoms with van der Waals surface area (Å²) >= 11 is 1.70. The summed E-state index contributed by atoms with van der Waals surface area (Å²) in [7, 11) is 0. The van der Waals surface area contributed by atoms with Gasteiger partial charge in [0.25, 0.3) is 5.91 Å². The van der Waals surface area contributed by atoms with E-state index in [0.29, 0.717) is 18.8 Å². The highest BCUT2D eigenvalue weighted by Crippen LogP contribution is 2.21. The van der Waals surface area contributed by atoms with E-state index in [1.165, 1.54) is 4.88 Å². The molecule has 0 aliphatic heterocycles. The number of nitrogens with zero attached hydrogens (tertiary/aromatic N) is 3. The minimum absolute atomic E-state index is 0.111. The predicted molar refractivity (Wildman–Crippen MR) is 110 cm³/mol. The third kappa shape index (κ3) is 3.92. The van der Waals surface area contributed by atoms with Gasteiger partial charge in [-0.1, -0.05) is 18.2 Å². The van der Waals surface area contributed by atoms with Gasteiger partial charge in [-0.25, -0.2) is 4.68 Å². The van der Waals surface area contributed by atoms with Gasteiger partial charge in [0.05, 0.1) is 25.0 Å². The summed E-state index contributed by atoms with van der Waals surface area (Å²) in [4.78, 5) is 17.4. The van der Waals surface area contributed by atoms with E-state index in [2.05, 4.69) is 24.2 Å². The fourth-order valence-corrected chi connectivity index (χ4v) is 4.03. The van der Waals surface area contributed by atoms with Gasteiger partial charge >= 0.3 is 0 Å². The fourth-order valence-electron chi connectivity index (χ4n) is 3.12. The van der Waals surface area contributed by atoms with Crippen molar-refractivity contribution in [2.45, 2.75) is 26.9 Å². The summed E-state index contributed by atoms with van der Waals surface area (Å²) in [5, 5.41) is 4.58. The Morgan fingerprint density at radius 1 is 1.07 bits per heavy atom. The van der Waals surface area contributed by atoms with Crippen LogP contribution in [-0.2, 0) is 13.1 Å². The molecule has 142 valence electrons. The first-order chi connectivity index (χ1) is 13.6. The Morgan fingerprint density at radius 3 is 2.57 bits per heavy atom. The van der Waals surface area contributed by atoms with Crippen LogP contribution in [0.3, 0.4) is 0 Å². The Morgan fingerprint density at radius 2 is 1.89 bits per heavy atom. The van der Waals surface area contributed by atoms with Crippen molar-refractivity contribution in [1.29, 1.82) is 0 Å². The molecular formula is C22H21N3O2S. The molecule has 0 aliphatic rings. The van der Waals surface area contributed by atoms with Gasteiger partial charge in [-0.15, -0.1) is 11.3 Å². The zero-order valence-electron chi connectivity index (χ0n) is 15.8. The van der Waals surface area contributed by atoms with Gasteiger partial charge in [0, 0.05) is 15.4 Å². The molecule has 0 fully saturated rings. The van der Waals surface area contributed by atoms with Crippen LogP contribution in [-0.4, -0.2) is 20.6 Å². The molecule has 0 unspecified atom stereocenters. The topological polar surface area (TPSA) is 51.3 Å². The highest BCUT2D eigenvalue weighted by Gasteiger charge is 2.22. The highest BCUT2D eigenvalue weighted by atomic mass is 32.1. The van der Waals surface area contributed by atoms with Crippen molar-refractivity contribution in [3.05, 3.63) is 93.8 Å². The molecule has 0 N–H and O–H groups in total. The zero-order valence-corrected chi connectivity index (χ0v) is 16.6. The Kier molecular flexibility index (Phi) is 5.12. The Balaban J connectivity index is 1.63. The second-order valence-corrected chi connectivity index (χ2v) is 8.04. The van der Waals surface area contributed by atoms with Gasteiger partial charge in [0.1, 0.15) is 5.76 Å². The highest BCUT2D eigenvalue weighted by molar-refractivity contribution is 7.11. The summed E-state index contributed by atoms with van der Waals surface area (Å²) in [5.74, 6) is 0.640. The zero-order chi connectivity index (χ0) is 19.5. The molecule has 0 radical (unpaired) electrons. The van der Waals surface area contributed by atoms with Crippen LogP contribution in [0.1, 0.15) is 31.7 Å². The maximum absolute atomic E-state index is 13.3. The molecule has 3 heterocycles. The SMILES string of the molecule is Cc1ccc(CN(Cc2ccco2)C(=O)c2cc(C)n(-c3ccccc3)n2)s1. The molecule has 0 spiro atoms. The number of furan rings is 1. The van der Waals surface area contributed by atoms with Crippen LogP contribution in [0, 0.1) is 13.8 Å². The summed E-state index contributed by atoms with van der Waals surface area (Å²) in [6.07, 6.45) is 1.63. The number of carbonyl (C=O) groups is 1. The van der Waals surface area contributed by atoms with E-state index in [1.54, 1.807) is 27.2 Å². The van der Waals surface area contributed by atoms with Crippen LogP contribution in [0.2, 0.25) is 0 Å². The van der Waals surface area contributed by atoms with Crippen molar-refractivity contribution in [1.82, 2.24) is 14.7 Å². The number of thiophene rings is 1. The van der Waals surface area contributed by atoms with Crippen molar-refractivity contribution in [3.8, 4) is 5.69 Å². The third-order valence-electron chi connectivity index (χ3n) is 4.46.